The van der Waals surface area contributed by atoms with Crippen molar-refractivity contribution in [1.82, 2.24) is 9.78 Å². The van der Waals surface area contributed by atoms with E-state index in [1.807, 2.05) is 47.3 Å². The van der Waals surface area contributed by atoms with E-state index < -0.39 is 4.92 Å². The number of nitro groups is 1. The molecule has 1 heterocycles. The van der Waals surface area contributed by atoms with Crippen LogP contribution in [0.5, 0.6) is 0 Å². The molecule has 1 aromatic heterocycles. The van der Waals surface area contributed by atoms with Gasteiger partial charge >= 0.3 is 0 Å². The highest BCUT2D eigenvalue weighted by molar-refractivity contribution is 5.64. The van der Waals surface area contributed by atoms with Crippen molar-refractivity contribution in [2.45, 2.75) is 13.1 Å². The molecule has 2 aromatic carbocycles. The maximum absolute atomic E-state index is 11.1. The van der Waals surface area contributed by atoms with Gasteiger partial charge in [-0.15, -0.1) is 0 Å². The molecular formula is C18H15N5O2. The minimum absolute atomic E-state index is 0.115. The lowest BCUT2D eigenvalue weighted by molar-refractivity contribution is -0.384. The molecule has 0 amide bonds. The second-order valence-electron chi connectivity index (χ2n) is 5.49. The van der Waals surface area contributed by atoms with E-state index in [0.29, 0.717) is 18.8 Å². The van der Waals surface area contributed by atoms with Crippen molar-refractivity contribution >= 4 is 11.4 Å². The van der Waals surface area contributed by atoms with Crippen LogP contribution in [0.1, 0.15) is 16.7 Å². The summed E-state index contributed by atoms with van der Waals surface area (Å²) < 4.78 is 1.82. The van der Waals surface area contributed by atoms with Crippen molar-refractivity contribution in [2.24, 2.45) is 0 Å². The fourth-order valence-corrected chi connectivity index (χ4v) is 2.45. The van der Waals surface area contributed by atoms with Gasteiger partial charge in [0, 0.05) is 24.4 Å². The number of nitrogens with one attached hydrogen (secondary N) is 1. The minimum Gasteiger partial charge on any atom is -0.375 e. The third kappa shape index (κ3) is 4.00. The fraction of sp³-hybridized carbons (Fsp3) is 0.111. The minimum atomic E-state index is -0.498. The molecule has 0 saturated heterocycles. The summed E-state index contributed by atoms with van der Waals surface area (Å²) in [6, 6.07) is 16.2. The molecule has 0 atom stereocenters. The predicted octanol–water partition coefficient (Wildman–Crippen LogP) is 3.32. The number of aromatic nitrogens is 2. The molecule has 0 aliphatic carbocycles. The van der Waals surface area contributed by atoms with Crippen LogP contribution in [0.15, 0.2) is 60.9 Å². The monoisotopic (exact) mass is 333 g/mol. The van der Waals surface area contributed by atoms with Crippen LogP contribution >= 0.6 is 0 Å². The maximum atomic E-state index is 11.1. The van der Waals surface area contributed by atoms with Gasteiger partial charge in [-0.1, -0.05) is 30.3 Å². The Bertz CT molecular complexity index is 928. The molecule has 0 unspecified atom stereocenters. The highest BCUT2D eigenvalue weighted by Crippen LogP contribution is 2.25. The van der Waals surface area contributed by atoms with Gasteiger partial charge in [-0.2, -0.15) is 10.4 Å². The van der Waals surface area contributed by atoms with Crippen LogP contribution in [-0.2, 0) is 13.1 Å². The van der Waals surface area contributed by atoms with Gasteiger partial charge in [0.05, 0.1) is 29.3 Å². The predicted molar refractivity (Wildman–Crippen MR) is 92.9 cm³/mol. The number of nitriles is 1. The van der Waals surface area contributed by atoms with E-state index in [0.717, 1.165) is 11.1 Å². The number of nitrogens with zero attached hydrogens (tertiary/aromatic N) is 4. The molecule has 25 heavy (non-hydrogen) atoms. The quantitative estimate of drug-likeness (QED) is 0.551. The third-order valence-corrected chi connectivity index (χ3v) is 3.68. The van der Waals surface area contributed by atoms with E-state index in [1.54, 1.807) is 18.3 Å². The molecule has 0 aliphatic heterocycles. The molecule has 0 radical (unpaired) electrons. The molecular weight excluding hydrogens is 318 g/mol. The van der Waals surface area contributed by atoms with Crippen LogP contribution in [-0.4, -0.2) is 14.7 Å². The molecule has 3 aromatic rings. The first-order valence-corrected chi connectivity index (χ1v) is 7.63. The average Bonchev–Trinajstić information content (AvgIpc) is 3.08. The van der Waals surface area contributed by atoms with Gasteiger partial charge < -0.3 is 5.32 Å². The lowest BCUT2D eigenvalue weighted by atomic mass is 10.2. The molecule has 0 aliphatic rings. The van der Waals surface area contributed by atoms with Crippen molar-refractivity contribution < 1.29 is 4.92 Å². The van der Waals surface area contributed by atoms with Gasteiger partial charge in [0.2, 0.25) is 0 Å². The second kappa shape index (κ2) is 7.27. The first kappa shape index (κ1) is 16.2. The van der Waals surface area contributed by atoms with Gasteiger partial charge in [0.15, 0.2) is 0 Å². The Morgan fingerprint density at radius 2 is 2.00 bits per heavy atom. The SMILES string of the molecule is N#Cc1ccc(NCc2cnn(Cc3ccccc3)c2)c([N+](=O)[O-])c1. The summed E-state index contributed by atoms with van der Waals surface area (Å²) in [7, 11) is 0. The zero-order valence-electron chi connectivity index (χ0n) is 13.3. The van der Waals surface area contributed by atoms with Gasteiger partial charge in [0.1, 0.15) is 5.69 Å². The molecule has 7 heteroatoms. The zero-order valence-corrected chi connectivity index (χ0v) is 13.3. The van der Waals surface area contributed by atoms with Gasteiger partial charge in [-0.3, -0.25) is 14.8 Å². The number of benzene rings is 2. The topological polar surface area (TPSA) is 96.8 Å². The fourth-order valence-electron chi connectivity index (χ4n) is 2.45. The van der Waals surface area contributed by atoms with E-state index in [1.165, 1.54) is 6.07 Å². The molecule has 0 saturated carbocycles. The largest absolute Gasteiger partial charge is 0.375 e. The highest BCUT2D eigenvalue weighted by atomic mass is 16.6. The lowest BCUT2D eigenvalue weighted by Crippen LogP contribution is -2.03. The highest BCUT2D eigenvalue weighted by Gasteiger charge is 2.14. The first-order chi connectivity index (χ1) is 12.2. The lowest BCUT2D eigenvalue weighted by Gasteiger charge is -2.06. The molecule has 0 bridgehead atoms. The molecule has 7 nitrogen and oxygen atoms in total. The average molecular weight is 333 g/mol. The Hall–Kier alpha value is -3.66. The summed E-state index contributed by atoms with van der Waals surface area (Å²) in [5.41, 5.74) is 2.57. The number of hydrogen-bond acceptors (Lipinski definition) is 5. The standard InChI is InChI=1S/C18H15N5O2/c19-9-15-6-7-17(18(8-15)23(24)25)20-10-16-11-21-22(13-16)12-14-4-2-1-3-5-14/h1-8,11,13,20H,10,12H2. The first-order valence-electron chi connectivity index (χ1n) is 7.63. The van der Waals surface area contributed by atoms with E-state index in [4.69, 9.17) is 5.26 Å². The summed E-state index contributed by atoms with van der Waals surface area (Å²) in [5, 5.41) is 27.4. The van der Waals surface area contributed by atoms with Crippen LogP contribution in [0, 0.1) is 21.4 Å². The number of hydrogen-bond donors (Lipinski definition) is 1. The molecule has 1 N–H and O–H groups in total. The number of rotatable bonds is 6. The van der Waals surface area contributed by atoms with E-state index in [2.05, 4.69) is 10.4 Å². The smallest absolute Gasteiger partial charge is 0.293 e. The summed E-state index contributed by atoms with van der Waals surface area (Å²) in [6.45, 7) is 1.07. The Labute approximate surface area is 144 Å². The molecule has 0 spiro atoms. The summed E-state index contributed by atoms with van der Waals surface area (Å²) in [6.07, 6.45) is 3.63. The summed E-state index contributed by atoms with van der Waals surface area (Å²) in [5.74, 6) is 0. The van der Waals surface area contributed by atoms with Crippen molar-refractivity contribution in [3.63, 3.8) is 0 Å². The molecule has 3 rings (SSSR count). The Balaban J connectivity index is 1.68. The Morgan fingerprint density at radius 3 is 2.72 bits per heavy atom. The zero-order chi connectivity index (χ0) is 17.6. The Morgan fingerprint density at radius 1 is 1.20 bits per heavy atom. The van der Waals surface area contributed by atoms with Crippen molar-refractivity contribution in [3.05, 3.63) is 87.7 Å². The Kier molecular flexibility index (Phi) is 4.72. The third-order valence-electron chi connectivity index (χ3n) is 3.68. The number of anilines is 1. The normalized spacial score (nSPS) is 10.2. The number of nitro benzene ring substituents is 1. The van der Waals surface area contributed by atoms with Crippen molar-refractivity contribution in [1.29, 1.82) is 5.26 Å². The summed E-state index contributed by atoms with van der Waals surface area (Å²) in [4.78, 5) is 10.7. The van der Waals surface area contributed by atoms with Crippen LogP contribution in [0.4, 0.5) is 11.4 Å². The van der Waals surface area contributed by atoms with Crippen LogP contribution in [0.25, 0.3) is 0 Å². The van der Waals surface area contributed by atoms with Crippen LogP contribution < -0.4 is 5.32 Å². The second-order valence-corrected chi connectivity index (χ2v) is 5.49. The summed E-state index contributed by atoms with van der Waals surface area (Å²) >= 11 is 0. The van der Waals surface area contributed by atoms with Gasteiger partial charge in [-0.25, -0.2) is 0 Å². The maximum Gasteiger partial charge on any atom is 0.293 e. The van der Waals surface area contributed by atoms with E-state index in [-0.39, 0.29) is 11.3 Å². The molecule has 0 fully saturated rings. The van der Waals surface area contributed by atoms with Crippen molar-refractivity contribution in [3.8, 4) is 6.07 Å². The van der Waals surface area contributed by atoms with Crippen LogP contribution in [0.2, 0.25) is 0 Å². The van der Waals surface area contributed by atoms with E-state index >= 15 is 0 Å². The molecule has 124 valence electrons. The van der Waals surface area contributed by atoms with Gasteiger partial charge in [-0.05, 0) is 17.7 Å². The van der Waals surface area contributed by atoms with Crippen molar-refractivity contribution in [2.75, 3.05) is 5.32 Å². The van der Waals surface area contributed by atoms with Crippen LogP contribution in [0.3, 0.4) is 0 Å². The van der Waals surface area contributed by atoms with Gasteiger partial charge in [0.25, 0.3) is 5.69 Å². The van der Waals surface area contributed by atoms with E-state index in [9.17, 15) is 10.1 Å².